The maximum absolute atomic E-state index is 12.8. The van der Waals surface area contributed by atoms with Crippen LogP contribution in [0.3, 0.4) is 0 Å². The lowest BCUT2D eigenvalue weighted by atomic mass is 10.0. The summed E-state index contributed by atoms with van der Waals surface area (Å²) in [6.45, 7) is 6.01. The molecule has 0 radical (unpaired) electrons. The number of hydrogen-bond acceptors (Lipinski definition) is 7. The van der Waals surface area contributed by atoms with Crippen LogP contribution in [0, 0.1) is 0 Å². The van der Waals surface area contributed by atoms with Crippen molar-refractivity contribution in [3.63, 3.8) is 0 Å². The average Bonchev–Trinajstić information content (AvgIpc) is 3.31. The van der Waals surface area contributed by atoms with Gasteiger partial charge in [-0.25, -0.2) is 14.4 Å². The van der Waals surface area contributed by atoms with E-state index in [9.17, 15) is 19.2 Å². The van der Waals surface area contributed by atoms with Crippen LogP contribution in [0.15, 0.2) is 60.8 Å². The number of alkyl carbamates (subject to hydrolysis) is 1. The number of rotatable bonds is 12. The van der Waals surface area contributed by atoms with E-state index in [1.807, 2.05) is 48.5 Å². The molecule has 41 heavy (non-hydrogen) atoms. The summed E-state index contributed by atoms with van der Waals surface area (Å²) in [5, 5.41) is 6.25. The SMILES string of the molecule is COC(=O)[C@H](Cc1cn(C(=O)OC(C)(C)C)c2ccccc12)NC(=O)CCCCCNC(=O)OCc1ccccc1. The molecule has 1 aromatic heterocycles. The summed E-state index contributed by atoms with van der Waals surface area (Å²) in [7, 11) is 1.27. The minimum absolute atomic E-state index is 0.143. The predicted molar refractivity (Wildman–Crippen MR) is 154 cm³/mol. The molecule has 0 fully saturated rings. The molecule has 0 spiro atoms. The number of nitrogens with zero attached hydrogens (tertiary/aromatic N) is 1. The number of aromatic nitrogens is 1. The molecule has 10 nitrogen and oxygen atoms in total. The Bertz CT molecular complexity index is 1330. The highest BCUT2D eigenvalue weighted by molar-refractivity contribution is 5.93. The fraction of sp³-hybridized carbons (Fsp3) is 0.419. The van der Waals surface area contributed by atoms with Crippen molar-refractivity contribution < 1.29 is 33.4 Å². The van der Waals surface area contributed by atoms with Gasteiger partial charge >= 0.3 is 18.2 Å². The van der Waals surface area contributed by atoms with E-state index in [0.29, 0.717) is 36.9 Å². The van der Waals surface area contributed by atoms with Gasteiger partial charge in [0.15, 0.2) is 0 Å². The first-order valence-corrected chi connectivity index (χ1v) is 13.7. The van der Waals surface area contributed by atoms with Crippen LogP contribution in [-0.2, 0) is 36.8 Å². The first-order chi connectivity index (χ1) is 19.6. The third kappa shape index (κ3) is 9.97. The molecule has 0 saturated heterocycles. The molecule has 220 valence electrons. The summed E-state index contributed by atoms with van der Waals surface area (Å²) in [6, 6.07) is 15.8. The molecule has 0 unspecified atom stereocenters. The molecule has 2 N–H and O–H groups in total. The molecular weight excluding hydrogens is 526 g/mol. The number of unbranched alkanes of at least 4 members (excludes halogenated alkanes) is 2. The van der Waals surface area contributed by atoms with E-state index < -0.39 is 29.8 Å². The van der Waals surface area contributed by atoms with Gasteiger partial charge in [-0.05, 0) is 50.8 Å². The van der Waals surface area contributed by atoms with E-state index in [1.165, 1.54) is 11.7 Å². The smallest absolute Gasteiger partial charge is 0.419 e. The largest absolute Gasteiger partial charge is 0.467 e. The van der Waals surface area contributed by atoms with Gasteiger partial charge in [0.2, 0.25) is 5.91 Å². The molecule has 0 bridgehead atoms. The number of methoxy groups -OCH3 is 1. The van der Waals surface area contributed by atoms with Crippen molar-refractivity contribution >= 4 is 35.0 Å². The van der Waals surface area contributed by atoms with Crippen molar-refractivity contribution in [3.8, 4) is 0 Å². The first-order valence-electron chi connectivity index (χ1n) is 13.7. The van der Waals surface area contributed by atoms with E-state index in [4.69, 9.17) is 14.2 Å². The molecule has 2 amide bonds. The lowest BCUT2D eigenvalue weighted by Gasteiger charge is -2.19. The Hall–Kier alpha value is -4.34. The average molecular weight is 566 g/mol. The molecule has 0 saturated carbocycles. The summed E-state index contributed by atoms with van der Waals surface area (Å²) in [5.41, 5.74) is 1.58. The van der Waals surface area contributed by atoms with Crippen LogP contribution in [0.4, 0.5) is 9.59 Å². The molecule has 0 aliphatic carbocycles. The number of carbonyl (C=O) groups is 4. The fourth-order valence-electron chi connectivity index (χ4n) is 4.25. The second-order valence-corrected chi connectivity index (χ2v) is 10.7. The van der Waals surface area contributed by atoms with Crippen molar-refractivity contribution in [1.29, 1.82) is 0 Å². The summed E-state index contributed by atoms with van der Waals surface area (Å²) in [6.07, 6.45) is 2.95. The minimum Gasteiger partial charge on any atom is -0.467 e. The number of fused-ring (bicyclic) bond motifs is 1. The zero-order chi connectivity index (χ0) is 29.8. The molecule has 2 aromatic carbocycles. The van der Waals surface area contributed by atoms with Gasteiger partial charge in [0.05, 0.1) is 12.6 Å². The lowest BCUT2D eigenvalue weighted by molar-refractivity contribution is -0.145. The summed E-state index contributed by atoms with van der Waals surface area (Å²) in [5.74, 6) is -0.864. The highest BCUT2D eigenvalue weighted by atomic mass is 16.6. The number of ether oxygens (including phenoxy) is 3. The Morgan fingerprint density at radius 3 is 2.34 bits per heavy atom. The zero-order valence-corrected chi connectivity index (χ0v) is 24.1. The summed E-state index contributed by atoms with van der Waals surface area (Å²) >= 11 is 0. The quantitative estimate of drug-likeness (QED) is 0.178. The second-order valence-electron chi connectivity index (χ2n) is 10.7. The Balaban J connectivity index is 1.48. The monoisotopic (exact) mass is 565 g/mol. The van der Waals surface area contributed by atoms with Crippen molar-refractivity contribution in [2.75, 3.05) is 13.7 Å². The number of carbonyl (C=O) groups excluding carboxylic acids is 4. The van der Waals surface area contributed by atoms with Crippen LogP contribution in [0.1, 0.15) is 57.6 Å². The normalized spacial score (nSPS) is 11.9. The van der Waals surface area contributed by atoms with E-state index in [0.717, 1.165) is 10.9 Å². The van der Waals surface area contributed by atoms with Crippen LogP contribution in [0.25, 0.3) is 10.9 Å². The number of amides is 2. The number of para-hydroxylation sites is 1. The molecule has 1 atom stereocenters. The van der Waals surface area contributed by atoms with Gasteiger partial charge in [-0.3, -0.25) is 9.36 Å². The standard InChI is InChI=1S/C31H39N3O7/c1-31(2,3)41-30(38)34-20-23(24-15-10-11-16-26(24)34)19-25(28(36)39-4)33-27(35)17-9-6-12-18-32-29(37)40-21-22-13-7-5-8-14-22/h5,7-8,10-11,13-16,20,25H,6,9,12,17-19,21H2,1-4H3,(H,32,37)(H,33,35)/t25-/m0/s1. The number of nitrogens with one attached hydrogen (secondary N) is 2. The Kier molecular flexibility index (Phi) is 11.3. The van der Waals surface area contributed by atoms with Crippen LogP contribution < -0.4 is 10.6 Å². The Morgan fingerprint density at radius 2 is 1.63 bits per heavy atom. The van der Waals surface area contributed by atoms with Crippen LogP contribution >= 0.6 is 0 Å². The van der Waals surface area contributed by atoms with E-state index in [-0.39, 0.29) is 25.4 Å². The van der Waals surface area contributed by atoms with Crippen LogP contribution in [-0.4, -0.2) is 53.9 Å². The van der Waals surface area contributed by atoms with Crippen molar-refractivity contribution in [2.45, 2.75) is 71.1 Å². The molecule has 0 aliphatic rings. The van der Waals surface area contributed by atoms with Gasteiger partial charge in [0.25, 0.3) is 0 Å². The van der Waals surface area contributed by atoms with Crippen molar-refractivity contribution in [1.82, 2.24) is 15.2 Å². The van der Waals surface area contributed by atoms with E-state index >= 15 is 0 Å². The second kappa shape index (κ2) is 14.9. The van der Waals surface area contributed by atoms with Gasteiger partial charge in [-0.2, -0.15) is 0 Å². The fourth-order valence-corrected chi connectivity index (χ4v) is 4.25. The van der Waals surface area contributed by atoms with Gasteiger partial charge in [-0.15, -0.1) is 0 Å². The number of benzene rings is 2. The molecule has 3 rings (SSSR count). The summed E-state index contributed by atoms with van der Waals surface area (Å²) < 4.78 is 17.1. The third-order valence-electron chi connectivity index (χ3n) is 6.19. The Morgan fingerprint density at radius 1 is 0.927 bits per heavy atom. The maximum atomic E-state index is 12.8. The molecule has 1 heterocycles. The predicted octanol–water partition coefficient (Wildman–Crippen LogP) is 5.11. The van der Waals surface area contributed by atoms with Gasteiger partial charge in [0.1, 0.15) is 18.2 Å². The van der Waals surface area contributed by atoms with E-state index in [2.05, 4.69) is 10.6 Å². The molecule has 3 aromatic rings. The number of esters is 1. The van der Waals surface area contributed by atoms with Gasteiger partial charge in [0, 0.05) is 31.0 Å². The molecule has 0 aliphatic heterocycles. The van der Waals surface area contributed by atoms with Crippen LogP contribution in [0.5, 0.6) is 0 Å². The topological polar surface area (TPSA) is 125 Å². The number of hydrogen-bond donors (Lipinski definition) is 2. The van der Waals surface area contributed by atoms with Crippen LogP contribution in [0.2, 0.25) is 0 Å². The zero-order valence-electron chi connectivity index (χ0n) is 24.1. The third-order valence-corrected chi connectivity index (χ3v) is 6.19. The highest BCUT2D eigenvalue weighted by Gasteiger charge is 2.26. The lowest BCUT2D eigenvalue weighted by Crippen LogP contribution is -2.43. The molecule has 10 heteroatoms. The molecular formula is C31H39N3O7. The van der Waals surface area contributed by atoms with E-state index in [1.54, 1.807) is 33.0 Å². The highest BCUT2D eigenvalue weighted by Crippen LogP contribution is 2.24. The van der Waals surface area contributed by atoms with Crippen molar-refractivity contribution in [2.24, 2.45) is 0 Å². The van der Waals surface area contributed by atoms with Gasteiger partial charge in [-0.1, -0.05) is 55.0 Å². The Labute approximate surface area is 240 Å². The minimum atomic E-state index is -0.925. The first kappa shape index (κ1) is 31.2. The van der Waals surface area contributed by atoms with Gasteiger partial charge < -0.3 is 24.8 Å². The van der Waals surface area contributed by atoms with Crippen molar-refractivity contribution in [3.05, 3.63) is 71.9 Å². The summed E-state index contributed by atoms with van der Waals surface area (Å²) in [4.78, 5) is 49.9. The maximum Gasteiger partial charge on any atom is 0.419 e.